The fraction of sp³-hybridized carbons (Fsp3) is 0.188. The van der Waals surface area contributed by atoms with Gasteiger partial charge in [0.25, 0.3) is 5.91 Å². The first-order valence-electron chi connectivity index (χ1n) is 6.23. The van der Waals surface area contributed by atoms with Crippen LogP contribution in [0.2, 0.25) is 0 Å². The SMILES string of the molecule is Cc1ccccc1C(O)C(=O)NCc1ccccc1. The number of rotatable bonds is 4. The van der Waals surface area contributed by atoms with Crippen LogP contribution in [0.1, 0.15) is 22.8 Å². The second-order valence-corrected chi connectivity index (χ2v) is 4.46. The van der Waals surface area contributed by atoms with Gasteiger partial charge in [0.1, 0.15) is 0 Å². The van der Waals surface area contributed by atoms with Crippen molar-refractivity contribution in [3.63, 3.8) is 0 Å². The Hall–Kier alpha value is -2.13. The molecule has 0 spiro atoms. The minimum absolute atomic E-state index is 0.377. The third-order valence-corrected chi connectivity index (χ3v) is 3.04. The Morgan fingerprint density at radius 3 is 2.42 bits per heavy atom. The summed E-state index contributed by atoms with van der Waals surface area (Å²) in [5.74, 6) is -0.377. The molecule has 1 unspecified atom stereocenters. The molecular formula is C16H17NO2. The van der Waals surface area contributed by atoms with Crippen molar-refractivity contribution in [2.24, 2.45) is 0 Å². The summed E-state index contributed by atoms with van der Waals surface area (Å²) in [7, 11) is 0. The van der Waals surface area contributed by atoms with E-state index in [4.69, 9.17) is 0 Å². The maximum Gasteiger partial charge on any atom is 0.253 e. The van der Waals surface area contributed by atoms with Gasteiger partial charge in [-0.2, -0.15) is 0 Å². The number of nitrogens with one attached hydrogen (secondary N) is 1. The second kappa shape index (κ2) is 6.16. The average molecular weight is 255 g/mol. The van der Waals surface area contributed by atoms with Crippen LogP contribution in [0, 0.1) is 6.92 Å². The standard InChI is InChI=1S/C16H17NO2/c1-12-7-5-6-10-14(12)15(18)16(19)17-11-13-8-3-2-4-9-13/h2-10,15,18H,11H2,1H3,(H,17,19). The van der Waals surface area contributed by atoms with Gasteiger partial charge in [0.15, 0.2) is 6.10 Å². The maximum absolute atomic E-state index is 11.9. The van der Waals surface area contributed by atoms with E-state index in [9.17, 15) is 9.90 Å². The average Bonchev–Trinajstić information content (AvgIpc) is 2.45. The Morgan fingerprint density at radius 2 is 1.74 bits per heavy atom. The van der Waals surface area contributed by atoms with Gasteiger partial charge in [-0.15, -0.1) is 0 Å². The van der Waals surface area contributed by atoms with Gasteiger partial charge in [0.05, 0.1) is 0 Å². The molecule has 0 aliphatic heterocycles. The fourth-order valence-corrected chi connectivity index (χ4v) is 1.92. The zero-order chi connectivity index (χ0) is 13.7. The molecule has 0 fully saturated rings. The molecule has 0 saturated heterocycles. The van der Waals surface area contributed by atoms with Crippen LogP contribution in [-0.2, 0) is 11.3 Å². The lowest BCUT2D eigenvalue weighted by atomic mass is 10.0. The van der Waals surface area contributed by atoms with E-state index >= 15 is 0 Å². The molecule has 0 aliphatic carbocycles. The minimum atomic E-state index is -1.12. The fourth-order valence-electron chi connectivity index (χ4n) is 1.92. The Bertz CT molecular complexity index is 552. The topological polar surface area (TPSA) is 49.3 Å². The number of carbonyl (C=O) groups is 1. The molecule has 0 aromatic heterocycles. The summed E-state index contributed by atoms with van der Waals surface area (Å²) >= 11 is 0. The highest BCUT2D eigenvalue weighted by Gasteiger charge is 2.18. The van der Waals surface area contributed by atoms with Crippen molar-refractivity contribution in [3.05, 3.63) is 71.3 Å². The number of benzene rings is 2. The van der Waals surface area contributed by atoms with Crippen LogP contribution in [0.15, 0.2) is 54.6 Å². The quantitative estimate of drug-likeness (QED) is 0.881. The zero-order valence-electron chi connectivity index (χ0n) is 10.8. The van der Waals surface area contributed by atoms with E-state index in [2.05, 4.69) is 5.32 Å². The molecule has 2 aromatic carbocycles. The van der Waals surface area contributed by atoms with E-state index in [-0.39, 0.29) is 5.91 Å². The lowest BCUT2D eigenvalue weighted by molar-refractivity contribution is -0.129. The number of aryl methyl sites for hydroxylation is 1. The number of amides is 1. The summed E-state index contributed by atoms with van der Waals surface area (Å²) < 4.78 is 0. The van der Waals surface area contributed by atoms with Crippen LogP contribution >= 0.6 is 0 Å². The van der Waals surface area contributed by atoms with Crippen LogP contribution < -0.4 is 5.32 Å². The van der Waals surface area contributed by atoms with Crippen molar-refractivity contribution in [1.29, 1.82) is 0 Å². The molecule has 1 atom stereocenters. The highest BCUT2D eigenvalue weighted by atomic mass is 16.3. The molecule has 2 N–H and O–H groups in total. The molecule has 1 amide bonds. The van der Waals surface area contributed by atoms with Gasteiger partial charge in [0.2, 0.25) is 0 Å². The second-order valence-electron chi connectivity index (χ2n) is 4.46. The first kappa shape index (κ1) is 13.3. The number of carbonyl (C=O) groups excluding carboxylic acids is 1. The summed E-state index contributed by atoms with van der Waals surface area (Å²) in [6.45, 7) is 2.30. The highest BCUT2D eigenvalue weighted by molar-refractivity contribution is 5.82. The Labute approximate surface area is 112 Å². The molecule has 19 heavy (non-hydrogen) atoms. The molecule has 3 heteroatoms. The van der Waals surface area contributed by atoms with Crippen LogP contribution in [0.5, 0.6) is 0 Å². The number of aliphatic hydroxyl groups excluding tert-OH is 1. The first-order valence-corrected chi connectivity index (χ1v) is 6.23. The summed E-state index contributed by atoms with van der Waals surface area (Å²) in [4.78, 5) is 11.9. The molecule has 0 bridgehead atoms. The molecule has 0 heterocycles. The zero-order valence-corrected chi connectivity index (χ0v) is 10.8. The van der Waals surface area contributed by atoms with E-state index in [0.29, 0.717) is 12.1 Å². The van der Waals surface area contributed by atoms with Gasteiger partial charge >= 0.3 is 0 Å². The predicted molar refractivity (Wildman–Crippen MR) is 74.4 cm³/mol. The Kier molecular flexibility index (Phi) is 4.31. The molecule has 0 radical (unpaired) electrons. The third kappa shape index (κ3) is 3.42. The summed E-state index contributed by atoms with van der Waals surface area (Å²) in [5.41, 5.74) is 2.56. The Balaban J connectivity index is 1.99. The van der Waals surface area contributed by atoms with Crippen molar-refractivity contribution >= 4 is 5.91 Å². The van der Waals surface area contributed by atoms with E-state index < -0.39 is 6.10 Å². The van der Waals surface area contributed by atoms with E-state index in [1.54, 1.807) is 6.07 Å². The number of hydrogen-bond donors (Lipinski definition) is 2. The molecule has 2 rings (SSSR count). The van der Waals surface area contributed by atoms with Crippen molar-refractivity contribution < 1.29 is 9.90 Å². The number of hydrogen-bond acceptors (Lipinski definition) is 2. The number of aliphatic hydroxyl groups is 1. The molecule has 3 nitrogen and oxygen atoms in total. The van der Waals surface area contributed by atoms with Gasteiger partial charge in [-0.05, 0) is 23.6 Å². The highest BCUT2D eigenvalue weighted by Crippen LogP contribution is 2.17. The van der Waals surface area contributed by atoms with Crippen molar-refractivity contribution in [3.8, 4) is 0 Å². The van der Waals surface area contributed by atoms with Crippen molar-refractivity contribution in [2.45, 2.75) is 19.6 Å². The Morgan fingerprint density at radius 1 is 1.11 bits per heavy atom. The van der Waals surface area contributed by atoms with Crippen LogP contribution in [0.25, 0.3) is 0 Å². The predicted octanol–water partition coefficient (Wildman–Crippen LogP) is 2.34. The smallest absolute Gasteiger partial charge is 0.253 e. The van der Waals surface area contributed by atoms with Gasteiger partial charge in [-0.3, -0.25) is 4.79 Å². The van der Waals surface area contributed by atoms with Crippen molar-refractivity contribution in [1.82, 2.24) is 5.32 Å². The van der Waals surface area contributed by atoms with Crippen LogP contribution in [0.3, 0.4) is 0 Å². The van der Waals surface area contributed by atoms with Gasteiger partial charge in [-0.1, -0.05) is 54.6 Å². The summed E-state index contributed by atoms with van der Waals surface area (Å²) in [6, 6.07) is 17.0. The normalized spacial score (nSPS) is 11.9. The van der Waals surface area contributed by atoms with Crippen LogP contribution in [-0.4, -0.2) is 11.0 Å². The maximum atomic E-state index is 11.9. The third-order valence-electron chi connectivity index (χ3n) is 3.04. The summed E-state index contributed by atoms with van der Waals surface area (Å²) in [5, 5.41) is 12.8. The van der Waals surface area contributed by atoms with E-state index in [1.165, 1.54) is 0 Å². The lowest BCUT2D eigenvalue weighted by Gasteiger charge is -2.13. The van der Waals surface area contributed by atoms with Gasteiger partial charge in [-0.25, -0.2) is 0 Å². The monoisotopic (exact) mass is 255 g/mol. The molecule has 98 valence electrons. The molecule has 0 aliphatic rings. The van der Waals surface area contributed by atoms with E-state index in [0.717, 1.165) is 11.1 Å². The lowest BCUT2D eigenvalue weighted by Crippen LogP contribution is -2.29. The van der Waals surface area contributed by atoms with Crippen molar-refractivity contribution in [2.75, 3.05) is 0 Å². The first-order chi connectivity index (χ1) is 9.18. The van der Waals surface area contributed by atoms with Crippen LogP contribution in [0.4, 0.5) is 0 Å². The van der Waals surface area contributed by atoms with Gasteiger partial charge in [0, 0.05) is 6.54 Å². The molecule has 2 aromatic rings. The minimum Gasteiger partial charge on any atom is -0.378 e. The van der Waals surface area contributed by atoms with E-state index in [1.807, 2.05) is 55.5 Å². The largest absolute Gasteiger partial charge is 0.378 e. The molecular weight excluding hydrogens is 238 g/mol. The summed E-state index contributed by atoms with van der Waals surface area (Å²) in [6.07, 6.45) is -1.12. The molecule has 0 saturated carbocycles. The van der Waals surface area contributed by atoms with Gasteiger partial charge < -0.3 is 10.4 Å².